The van der Waals surface area contributed by atoms with Crippen LogP contribution >= 0.6 is 25.3 Å². The Morgan fingerprint density at radius 2 is 1.40 bits per heavy atom. The molecule has 0 radical (unpaired) electrons. The summed E-state index contributed by atoms with van der Waals surface area (Å²) in [5, 5.41) is 9.68. The van der Waals surface area contributed by atoms with E-state index in [4.69, 9.17) is 0 Å². The number of rotatable bonds is 10. The second-order valence-electron chi connectivity index (χ2n) is 4.27. The molecule has 0 spiro atoms. The van der Waals surface area contributed by atoms with Crippen molar-refractivity contribution in [3.63, 3.8) is 0 Å². The highest BCUT2D eigenvalue weighted by atomic mass is 32.2. The Kier molecular flexibility index (Phi) is 11.6. The lowest BCUT2D eigenvalue weighted by Crippen LogP contribution is -2.06. The molecule has 0 rings (SSSR count). The molecule has 0 aromatic heterocycles. The minimum atomic E-state index is -0.0832. The zero-order valence-electron chi connectivity index (χ0n) is 9.86. The summed E-state index contributed by atoms with van der Waals surface area (Å²) < 4.78 is 0.201. The van der Waals surface area contributed by atoms with Crippen LogP contribution in [-0.2, 0) is 0 Å². The largest absolute Gasteiger partial charge is 0.393 e. The second-order valence-corrected chi connectivity index (χ2v) is 5.92. The number of thiol groups is 2. The predicted octanol–water partition coefficient (Wildman–Crippen LogP) is 4.06. The average molecular weight is 250 g/mol. The molecule has 1 N–H and O–H groups in total. The van der Waals surface area contributed by atoms with Crippen LogP contribution in [0.1, 0.15) is 64.7 Å². The molecule has 0 aliphatic rings. The minimum Gasteiger partial charge on any atom is -0.393 e. The molecular weight excluding hydrogens is 224 g/mol. The van der Waals surface area contributed by atoms with Gasteiger partial charge in [-0.2, -0.15) is 25.3 Å². The Morgan fingerprint density at radius 1 is 0.867 bits per heavy atom. The van der Waals surface area contributed by atoms with Crippen LogP contribution < -0.4 is 0 Å². The smallest absolute Gasteiger partial charge is 0.0540 e. The molecule has 15 heavy (non-hydrogen) atoms. The number of aliphatic hydroxyl groups excluding tert-OH is 1. The molecule has 1 nitrogen and oxygen atoms in total. The van der Waals surface area contributed by atoms with Crippen LogP contribution in [0.15, 0.2) is 0 Å². The summed E-state index contributed by atoms with van der Waals surface area (Å²) in [5.74, 6) is 0. The van der Waals surface area contributed by atoms with Crippen molar-refractivity contribution < 1.29 is 5.11 Å². The zero-order valence-corrected chi connectivity index (χ0v) is 11.6. The van der Waals surface area contributed by atoms with Gasteiger partial charge in [0, 0.05) is 4.58 Å². The van der Waals surface area contributed by atoms with Crippen molar-refractivity contribution in [1.82, 2.24) is 0 Å². The topological polar surface area (TPSA) is 20.2 Å². The fourth-order valence-electron chi connectivity index (χ4n) is 1.66. The van der Waals surface area contributed by atoms with E-state index in [0.29, 0.717) is 0 Å². The van der Waals surface area contributed by atoms with Crippen molar-refractivity contribution in [2.45, 2.75) is 75.4 Å². The molecule has 0 aliphatic carbocycles. The van der Waals surface area contributed by atoms with Crippen LogP contribution in [0.3, 0.4) is 0 Å². The van der Waals surface area contributed by atoms with Gasteiger partial charge in [0.1, 0.15) is 0 Å². The van der Waals surface area contributed by atoms with E-state index in [-0.39, 0.29) is 10.7 Å². The lowest BCUT2D eigenvalue weighted by molar-refractivity contribution is 0.147. The zero-order chi connectivity index (χ0) is 11.5. The van der Waals surface area contributed by atoms with Crippen molar-refractivity contribution in [3.8, 4) is 0 Å². The third kappa shape index (κ3) is 12.6. The molecule has 0 aromatic rings. The van der Waals surface area contributed by atoms with Gasteiger partial charge in [0.2, 0.25) is 0 Å². The summed E-state index contributed by atoms with van der Waals surface area (Å²) in [6.07, 6.45) is 10.1. The first-order valence-corrected chi connectivity index (χ1v) is 7.24. The summed E-state index contributed by atoms with van der Waals surface area (Å²) in [5.41, 5.74) is 0. The van der Waals surface area contributed by atoms with E-state index in [1.54, 1.807) is 0 Å². The van der Waals surface area contributed by atoms with Gasteiger partial charge in [0.15, 0.2) is 0 Å². The Balaban J connectivity index is 3.15. The van der Waals surface area contributed by atoms with E-state index in [2.05, 4.69) is 32.2 Å². The lowest BCUT2D eigenvalue weighted by Gasteiger charge is -2.10. The molecule has 1 atom stereocenters. The van der Waals surface area contributed by atoms with E-state index < -0.39 is 0 Å². The Morgan fingerprint density at radius 3 is 1.93 bits per heavy atom. The van der Waals surface area contributed by atoms with Crippen molar-refractivity contribution in [3.05, 3.63) is 0 Å². The fraction of sp³-hybridized carbons (Fsp3) is 1.00. The van der Waals surface area contributed by atoms with Crippen LogP contribution in [0.25, 0.3) is 0 Å². The number of unbranched alkanes of at least 4 members (excludes halogenated alkanes) is 4. The first kappa shape index (κ1) is 15.7. The van der Waals surface area contributed by atoms with Gasteiger partial charge in [-0.15, -0.1) is 0 Å². The van der Waals surface area contributed by atoms with Crippen LogP contribution in [0.4, 0.5) is 0 Å². The molecular formula is C12H26OS2. The van der Waals surface area contributed by atoms with Gasteiger partial charge in [-0.1, -0.05) is 45.4 Å². The number of hydrogen-bond donors (Lipinski definition) is 3. The van der Waals surface area contributed by atoms with Crippen LogP contribution in [-0.4, -0.2) is 15.8 Å². The highest BCUT2D eigenvalue weighted by molar-refractivity contribution is 7.99. The Labute approximate surface area is 106 Å². The van der Waals surface area contributed by atoms with Crippen molar-refractivity contribution in [1.29, 1.82) is 0 Å². The molecule has 3 heteroatoms. The van der Waals surface area contributed by atoms with Crippen LogP contribution in [0.5, 0.6) is 0 Å². The third-order valence-corrected chi connectivity index (χ3v) is 3.16. The quantitative estimate of drug-likeness (QED) is 0.303. The standard InChI is InChI=1S/C12H26OS2/c1-2-3-4-5-8-11(13)9-6-7-10-12(14)15/h11-15H,2-10H2,1H3. The Bertz CT molecular complexity index is 129. The first-order chi connectivity index (χ1) is 7.16. The van der Waals surface area contributed by atoms with E-state index in [1.807, 2.05) is 0 Å². The SMILES string of the molecule is CCCCCCC(O)CCCCC(S)S. The Hall–Kier alpha value is 0.660. The van der Waals surface area contributed by atoms with E-state index >= 15 is 0 Å². The third-order valence-electron chi connectivity index (χ3n) is 2.64. The van der Waals surface area contributed by atoms with E-state index in [9.17, 15) is 5.11 Å². The van der Waals surface area contributed by atoms with Gasteiger partial charge in [-0.3, -0.25) is 0 Å². The maximum Gasteiger partial charge on any atom is 0.0540 e. The predicted molar refractivity (Wildman–Crippen MR) is 75.0 cm³/mol. The van der Waals surface area contributed by atoms with Gasteiger partial charge in [-0.05, 0) is 19.3 Å². The molecule has 0 aromatic carbocycles. The van der Waals surface area contributed by atoms with Crippen LogP contribution in [0.2, 0.25) is 0 Å². The highest BCUT2D eigenvalue weighted by Crippen LogP contribution is 2.14. The molecule has 0 fully saturated rings. The van der Waals surface area contributed by atoms with E-state index in [0.717, 1.165) is 32.1 Å². The molecule has 0 aliphatic heterocycles. The lowest BCUT2D eigenvalue weighted by atomic mass is 10.0. The van der Waals surface area contributed by atoms with Gasteiger partial charge in [0.05, 0.1) is 6.10 Å². The monoisotopic (exact) mass is 250 g/mol. The fourth-order valence-corrected chi connectivity index (χ4v) is 2.02. The van der Waals surface area contributed by atoms with Crippen molar-refractivity contribution in [2.75, 3.05) is 0 Å². The molecule has 0 heterocycles. The summed E-state index contributed by atoms with van der Waals surface area (Å²) in [6.45, 7) is 2.21. The maximum atomic E-state index is 9.68. The number of hydrogen-bond acceptors (Lipinski definition) is 3. The molecule has 0 amide bonds. The van der Waals surface area contributed by atoms with Gasteiger partial charge in [-0.25, -0.2) is 0 Å². The summed E-state index contributed by atoms with van der Waals surface area (Å²) in [6, 6.07) is 0. The van der Waals surface area contributed by atoms with Crippen molar-refractivity contribution in [2.24, 2.45) is 0 Å². The highest BCUT2D eigenvalue weighted by Gasteiger charge is 2.04. The number of aliphatic hydroxyl groups is 1. The summed E-state index contributed by atoms with van der Waals surface area (Å²) in [4.78, 5) is 0. The molecule has 0 saturated carbocycles. The van der Waals surface area contributed by atoms with Crippen LogP contribution in [0, 0.1) is 0 Å². The van der Waals surface area contributed by atoms with E-state index in [1.165, 1.54) is 25.7 Å². The molecule has 1 unspecified atom stereocenters. The molecule has 0 saturated heterocycles. The molecule has 92 valence electrons. The summed E-state index contributed by atoms with van der Waals surface area (Å²) >= 11 is 8.41. The van der Waals surface area contributed by atoms with Gasteiger partial charge < -0.3 is 5.11 Å². The second kappa shape index (κ2) is 11.2. The minimum absolute atomic E-state index is 0.0832. The van der Waals surface area contributed by atoms with Gasteiger partial charge >= 0.3 is 0 Å². The van der Waals surface area contributed by atoms with Crippen molar-refractivity contribution >= 4 is 25.3 Å². The molecule has 0 bridgehead atoms. The first-order valence-electron chi connectivity index (χ1n) is 6.21. The average Bonchev–Trinajstić information content (AvgIpc) is 2.19. The summed E-state index contributed by atoms with van der Waals surface area (Å²) in [7, 11) is 0. The normalized spacial score (nSPS) is 13.4. The maximum absolute atomic E-state index is 9.68. The van der Waals surface area contributed by atoms with Gasteiger partial charge in [0.25, 0.3) is 0 Å².